The highest BCUT2D eigenvalue weighted by atomic mass is 35.5. The van der Waals surface area contributed by atoms with E-state index < -0.39 is 4.87 Å². The standard InChI is InChI=1S/C16H12Cl2N2OS/c17-11-7-10(8-12(18)9-11)16-13-3-1-2-4-14(13)19-15(21)20(16)5-6-22-16/h1-4,7-9H,5-6H2,(H,19,21). The second-order valence-electron chi connectivity index (χ2n) is 5.28. The van der Waals surface area contributed by atoms with Crippen molar-refractivity contribution >= 4 is 46.7 Å². The first-order valence-corrected chi connectivity index (χ1v) is 8.64. The molecule has 1 N–H and O–H groups in total. The van der Waals surface area contributed by atoms with Crippen LogP contribution in [0.4, 0.5) is 10.5 Å². The van der Waals surface area contributed by atoms with Crippen molar-refractivity contribution in [3.63, 3.8) is 0 Å². The van der Waals surface area contributed by atoms with Crippen LogP contribution in [0.5, 0.6) is 0 Å². The Labute approximate surface area is 142 Å². The number of fused-ring (bicyclic) bond motifs is 3. The third-order valence-corrected chi connectivity index (χ3v) is 5.96. The van der Waals surface area contributed by atoms with E-state index in [4.69, 9.17) is 23.2 Å². The molecular weight excluding hydrogens is 339 g/mol. The van der Waals surface area contributed by atoms with E-state index in [1.165, 1.54) is 0 Å². The number of nitrogens with one attached hydrogen (secondary N) is 1. The lowest BCUT2D eigenvalue weighted by Gasteiger charge is -2.43. The van der Waals surface area contributed by atoms with Gasteiger partial charge in [-0.05, 0) is 29.8 Å². The minimum atomic E-state index is -0.562. The minimum absolute atomic E-state index is 0.0835. The quantitative estimate of drug-likeness (QED) is 0.801. The zero-order valence-corrected chi connectivity index (χ0v) is 13.8. The van der Waals surface area contributed by atoms with Gasteiger partial charge in [0.1, 0.15) is 4.87 Å². The van der Waals surface area contributed by atoms with Gasteiger partial charge in [0.25, 0.3) is 0 Å². The van der Waals surface area contributed by atoms with E-state index in [1.54, 1.807) is 17.8 Å². The zero-order valence-electron chi connectivity index (χ0n) is 11.5. The number of amides is 2. The van der Waals surface area contributed by atoms with Crippen molar-refractivity contribution in [2.75, 3.05) is 17.6 Å². The molecule has 1 atom stereocenters. The molecule has 4 rings (SSSR count). The molecule has 2 heterocycles. The maximum atomic E-state index is 12.5. The average molecular weight is 351 g/mol. The van der Waals surface area contributed by atoms with E-state index >= 15 is 0 Å². The molecule has 2 aromatic carbocycles. The molecular formula is C16H12Cl2N2OS. The maximum Gasteiger partial charge on any atom is 0.323 e. The molecule has 0 spiro atoms. The molecule has 3 nitrogen and oxygen atoms in total. The number of nitrogens with zero attached hydrogens (tertiary/aromatic N) is 1. The molecule has 1 unspecified atom stereocenters. The molecule has 2 aromatic rings. The number of urea groups is 1. The van der Waals surface area contributed by atoms with Crippen LogP contribution >= 0.6 is 35.0 Å². The first-order chi connectivity index (χ1) is 10.6. The van der Waals surface area contributed by atoms with Crippen molar-refractivity contribution in [1.82, 2.24) is 4.90 Å². The monoisotopic (exact) mass is 350 g/mol. The second-order valence-corrected chi connectivity index (χ2v) is 7.44. The number of rotatable bonds is 1. The summed E-state index contributed by atoms with van der Waals surface area (Å²) < 4.78 is 0. The van der Waals surface area contributed by atoms with Crippen molar-refractivity contribution in [1.29, 1.82) is 0 Å². The summed E-state index contributed by atoms with van der Waals surface area (Å²) in [6.45, 7) is 0.689. The van der Waals surface area contributed by atoms with Gasteiger partial charge in [0.15, 0.2) is 0 Å². The Morgan fingerprint density at radius 2 is 1.86 bits per heavy atom. The number of benzene rings is 2. The van der Waals surface area contributed by atoms with Gasteiger partial charge < -0.3 is 10.2 Å². The van der Waals surface area contributed by atoms with Gasteiger partial charge in [-0.25, -0.2) is 4.79 Å². The summed E-state index contributed by atoms with van der Waals surface area (Å²) >= 11 is 14.2. The van der Waals surface area contributed by atoms with Gasteiger partial charge in [-0.1, -0.05) is 41.4 Å². The van der Waals surface area contributed by atoms with Gasteiger partial charge in [0, 0.05) is 33.6 Å². The summed E-state index contributed by atoms with van der Waals surface area (Å²) in [4.78, 5) is 13.8. The third kappa shape index (κ3) is 1.94. The maximum absolute atomic E-state index is 12.5. The lowest BCUT2D eigenvalue weighted by atomic mass is 9.93. The summed E-state index contributed by atoms with van der Waals surface area (Å²) in [5, 5.41) is 4.12. The highest BCUT2D eigenvalue weighted by Gasteiger charge is 2.51. The molecule has 112 valence electrons. The van der Waals surface area contributed by atoms with Crippen LogP contribution in [0.1, 0.15) is 11.1 Å². The van der Waals surface area contributed by atoms with Crippen molar-refractivity contribution in [2.24, 2.45) is 0 Å². The number of para-hydroxylation sites is 1. The van der Waals surface area contributed by atoms with Crippen LogP contribution in [0, 0.1) is 0 Å². The van der Waals surface area contributed by atoms with Gasteiger partial charge in [-0.2, -0.15) is 0 Å². The summed E-state index contributed by atoms with van der Waals surface area (Å²) in [6, 6.07) is 13.3. The van der Waals surface area contributed by atoms with Gasteiger partial charge in [0.2, 0.25) is 0 Å². The lowest BCUT2D eigenvalue weighted by Crippen LogP contribution is -2.50. The Balaban J connectivity index is 2.02. The fourth-order valence-electron chi connectivity index (χ4n) is 3.20. The van der Waals surface area contributed by atoms with Crippen LogP contribution in [-0.4, -0.2) is 23.2 Å². The number of carbonyl (C=O) groups excluding carboxylic acids is 1. The molecule has 0 saturated carbocycles. The fraction of sp³-hybridized carbons (Fsp3) is 0.188. The number of anilines is 1. The Morgan fingerprint density at radius 1 is 1.14 bits per heavy atom. The number of hydrogen-bond donors (Lipinski definition) is 1. The van der Waals surface area contributed by atoms with Gasteiger partial charge in [-0.3, -0.25) is 0 Å². The van der Waals surface area contributed by atoms with Crippen LogP contribution < -0.4 is 5.32 Å². The molecule has 2 aliphatic heterocycles. The molecule has 22 heavy (non-hydrogen) atoms. The predicted octanol–water partition coefficient (Wildman–Crippen LogP) is 4.79. The Kier molecular flexibility index (Phi) is 3.29. The number of carbonyl (C=O) groups is 1. The average Bonchev–Trinajstić information content (AvgIpc) is 2.93. The first-order valence-electron chi connectivity index (χ1n) is 6.90. The number of thioether (sulfide) groups is 1. The highest BCUT2D eigenvalue weighted by Crippen LogP contribution is 2.54. The van der Waals surface area contributed by atoms with Crippen LogP contribution in [0.2, 0.25) is 10.0 Å². The van der Waals surface area contributed by atoms with Crippen molar-refractivity contribution in [3.8, 4) is 0 Å². The van der Waals surface area contributed by atoms with Crippen LogP contribution in [0.3, 0.4) is 0 Å². The molecule has 0 bridgehead atoms. The Bertz CT molecular complexity index is 762. The molecule has 6 heteroatoms. The molecule has 1 saturated heterocycles. The van der Waals surface area contributed by atoms with Crippen LogP contribution in [0.15, 0.2) is 42.5 Å². The van der Waals surface area contributed by atoms with Gasteiger partial charge >= 0.3 is 6.03 Å². The van der Waals surface area contributed by atoms with E-state index in [-0.39, 0.29) is 6.03 Å². The van der Waals surface area contributed by atoms with Crippen LogP contribution in [0.25, 0.3) is 0 Å². The SMILES string of the molecule is O=C1Nc2ccccc2C2(c3cc(Cl)cc(Cl)c3)SCCN12. The normalized spacial score (nSPS) is 23.0. The van der Waals surface area contributed by atoms with E-state index in [9.17, 15) is 4.79 Å². The molecule has 2 aliphatic rings. The molecule has 0 radical (unpaired) electrons. The van der Waals surface area contributed by atoms with Crippen molar-refractivity contribution in [2.45, 2.75) is 4.87 Å². The molecule has 0 aliphatic carbocycles. The highest BCUT2D eigenvalue weighted by molar-refractivity contribution is 8.00. The Hall–Kier alpha value is -1.36. The van der Waals surface area contributed by atoms with E-state index in [0.717, 1.165) is 22.6 Å². The predicted molar refractivity (Wildman–Crippen MR) is 91.9 cm³/mol. The van der Waals surface area contributed by atoms with Crippen LogP contribution in [-0.2, 0) is 4.87 Å². The lowest BCUT2D eigenvalue weighted by molar-refractivity contribution is 0.195. The van der Waals surface area contributed by atoms with E-state index in [0.29, 0.717) is 16.6 Å². The topological polar surface area (TPSA) is 32.3 Å². The van der Waals surface area contributed by atoms with Crippen molar-refractivity contribution in [3.05, 3.63) is 63.6 Å². The fourth-order valence-corrected chi connectivity index (χ4v) is 5.25. The molecule has 2 amide bonds. The zero-order chi connectivity index (χ0) is 15.3. The summed E-state index contributed by atoms with van der Waals surface area (Å²) in [5.74, 6) is 0.867. The molecule has 1 fully saturated rings. The first kappa shape index (κ1) is 14.2. The summed E-state index contributed by atoms with van der Waals surface area (Å²) in [6.07, 6.45) is 0. The largest absolute Gasteiger partial charge is 0.323 e. The smallest absolute Gasteiger partial charge is 0.307 e. The second kappa shape index (κ2) is 5.08. The summed E-state index contributed by atoms with van der Waals surface area (Å²) in [7, 11) is 0. The van der Waals surface area contributed by atoms with E-state index in [1.807, 2.05) is 35.2 Å². The third-order valence-electron chi connectivity index (χ3n) is 4.04. The van der Waals surface area contributed by atoms with E-state index in [2.05, 4.69) is 11.4 Å². The van der Waals surface area contributed by atoms with Crippen molar-refractivity contribution < 1.29 is 4.79 Å². The minimum Gasteiger partial charge on any atom is -0.307 e. The summed E-state index contributed by atoms with van der Waals surface area (Å²) in [5.41, 5.74) is 2.85. The van der Waals surface area contributed by atoms with Gasteiger partial charge in [0.05, 0.1) is 0 Å². The van der Waals surface area contributed by atoms with Gasteiger partial charge in [-0.15, -0.1) is 11.8 Å². The Morgan fingerprint density at radius 3 is 2.64 bits per heavy atom. The number of hydrogen-bond acceptors (Lipinski definition) is 2. The molecule has 0 aromatic heterocycles. The number of halogens is 2.